The van der Waals surface area contributed by atoms with Gasteiger partial charge in [-0.2, -0.15) is 0 Å². The van der Waals surface area contributed by atoms with E-state index in [9.17, 15) is 9.59 Å². The van der Waals surface area contributed by atoms with Crippen LogP contribution in [0.5, 0.6) is 0 Å². The zero-order valence-electron chi connectivity index (χ0n) is 11.6. The number of anilines is 1. The van der Waals surface area contributed by atoms with Crippen molar-refractivity contribution < 1.29 is 9.59 Å². The molecule has 0 heterocycles. The van der Waals surface area contributed by atoms with Crippen LogP contribution in [0.1, 0.15) is 19.8 Å². The van der Waals surface area contributed by atoms with Crippen LogP contribution in [-0.2, 0) is 9.59 Å². The van der Waals surface area contributed by atoms with Crippen LogP contribution in [0.3, 0.4) is 0 Å². The van der Waals surface area contributed by atoms with Crippen molar-refractivity contribution >= 4 is 40.1 Å². The van der Waals surface area contributed by atoms with Crippen molar-refractivity contribution in [1.82, 2.24) is 4.90 Å². The number of rotatable bonds is 8. The number of carbonyl (C=O) groups excluding carboxylic acids is 2. The summed E-state index contributed by atoms with van der Waals surface area (Å²) in [4.78, 5) is 24.7. The summed E-state index contributed by atoms with van der Waals surface area (Å²) in [5, 5.41) is 2.81. The third kappa shape index (κ3) is 6.85. The van der Waals surface area contributed by atoms with Gasteiger partial charge in [0.25, 0.3) is 0 Å². The number of nitrogens with zero attached hydrogens (tertiary/aromatic N) is 1. The number of hydrogen-bond donors (Lipinski definition) is 2. The van der Waals surface area contributed by atoms with Crippen LogP contribution in [0.25, 0.3) is 0 Å². The first-order valence-electron chi connectivity index (χ1n) is 6.57. The zero-order chi connectivity index (χ0) is 15.0. The van der Waals surface area contributed by atoms with E-state index in [-0.39, 0.29) is 19.0 Å². The van der Waals surface area contributed by atoms with Gasteiger partial charge in [0.15, 0.2) is 0 Å². The zero-order valence-corrected chi connectivity index (χ0v) is 13.7. The summed E-state index contributed by atoms with van der Waals surface area (Å²) in [5.74, 6) is -0.549. The first-order valence-corrected chi connectivity index (χ1v) is 7.65. The second-order valence-electron chi connectivity index (χ2n) is 4.59. The van der Waals surface area contributed by atoms with Gasteiger partial charge in [0.2, 0.25) is 11.8 Å². The van der Waals surface area contributed by atoms with E-state index in [4.69, 9.17) is 5.73 Å². The van der Waals surface area contributed by atoms with Gasteiger partial charge in [-0.25, -0.2) is 0 Å². The van der Waals surface area contributed by atoms with Gasteiger partial charge < -0.3 is 11.1 Å². The van der Waals surface area contributed by atoms with E-state index in [1.165, 1.54) is 0 Å². The number of hydrogen-bond acceptors (Lipinski definition) is 3. The van der Waals surface area contributed by atoms with Crippen molar-refractivity contribution in [2.45, 2.75) is 19.8 Å². The van der Waals surface area contributed by atoms with E-state index in [2.05, 4.69) is 34.8 Å². The van der Waals surface area contributed by atoms with Gasteiger partial charge in [0.05, 0.1) is 13.1 Å². The number of carbonyl (C=O) groups is 2. The first kappa shape index (κ1) is 16.9. The van der Waals surface area contributed by atoms with Crippen molar-refractivity contribution in [3.63, 3.8) is 0 Å². The van der Waals surface area contributed by atoms with E-state index in [0.717, 1.165) is 22.1 Å². The largest absolute Gasteiger partial charge is 0.369 e. The summed E-state index contributed by atoms with van der Waals surface area (Å²) in [6.07, 6.45) is 1.94. The molecule has 6 heteroatoms. The van der Waals surface area contributed by atoms with Crippen molar-refractivity contribution in [2.75, 3.05) is 25.0 Å². The molecule has 0 saturated carbocycles. The molecule has 110 valence electrons. The minimum atomic E-state index is -0.414. The maximum atomic E-state index is 11.9. The predicted octanol–water partition coefficient (Wildman–Crippen LogP) is 1.82. The highest BCUT2D eigenvalue weighted by Gasteiger charge is 2.12. The number of nitrogens with one attached hydrogen (secondary N) is 1. The molecule has 0 aliphatic heterocycles. The molecule has 1 aromatic rings. The average molecular weight is 389 g/mol. The Labute approximate surface area is 133 Å². The molecule has 0 fully saturated rings. The van der Waals surface area contributed by atoms with Gasteiger partial charge in [0.1, 0.15) is 0 Å². The number of primary amides is 1. The molecule has 0 saturated heterocycles. The molecule has 1 rings (SSSR count). The van der Waals surface area contributed by atoms with Crippen LogP contribution < -0.4 is 11.1 Å². The second-order valence-corrected chi connectivity index (χ2v) is 5.83. The molecule has 5 nitrogen and oxygen atoms in total. The van der Waals surface area contributed by atoms with E-state index >= 15 is 0 Å². The monoisotopic (exact) mass is 389 g/mol. The van der Waals surface area contributed by atoms with Gasteiger partial charge in [-0.3, -0.25) is 14.5 Å². The van der Waals surface area contributed by atoms with E-state index in [1.807, 2.05) is 24.3 Å². The number of halogens is 1. The smallest absolute Gasteiger partial charge is 0.238 e. The third-order valence-electron chi connectivity index (χ3n) is 2.70. The third-order valence-corrected chi connectivity index (χ3v) is 3.42. The van der Waals surface area contributed by atoms with Gasteiger partial charge in [-0.1, -0.05) is 13.3 Å². The first-order chi connectivity index (χ1) is 9.51. The molecule has 3 N–H and O–H groups in total. The Bertz CT molecular complexity index is 448. The topological polar surface area (TPSA) is 75.4 Å². The van der Waals surface area contributed by atoms with Crippen molar-refractivity contribution in [3.8, 4) is 0 Å². The van der Waals surface area contributed by atoms with Crippen LogP contribution in [0.15, 0.2) is 24.3 Å². The SMILES string of the molecule is CCCCN(CC(N)=O)CC(=O)Nc1ccc(I)cc1. The van der Waals surface area contributed by atoms with Crippen LogP contribution in [-0.4, -0.2) is 36.3 Å². The maximum Gasteiger partial charge on any atom is 0.238 e. The average Bonchev–Trinajstić information content (AvgIpc) is 2.38. The van der Waals surface area contributed by atoms with E-state index < -0.39 is 5.91 Å². The molecular weight excluding hydrogens is 369 g/mol. The van der Waals surface area contributed by atoms with Crippen molar-refractivity contribution in [3.05, 3.63) is 27.8 Å². The lowest BCUT2D eigenvalue weighted by molar-refractivity contribution is -0.121. The molecule has 2 amide bonds. The molecule has 0 aliphatic rings. The molecule has 0 aliphatic carbocycles. The molecule has 0 unspecified atom stereocenters. The molecule has 20 heavy (non-hydrogen) atoms. The van der Waals surface area contributed by atoms with Crippen LogP contribution in [0.4, 0.5) is 5.69 Å². The lowest BCUT2D eigenvalue weighted by Gasteiger charge is -2.19. The molecule has 0 spiro atoms. The Kier molecular flexibility index (Phi) is 7.53. The fourth-order valence-electron chi connectivity index (χ4n) is 1.75. The minimum absolute atomic E-state index is 0.111. The number of unbranched alkanes of at least 4 members (excludes halogenated alkanes) is 1. The molecule has 0 radical (unpaired) electrons. The van der Waals surface area contributed by atoms with Gasteiger partial charge in [0, 0.05) is 9.26 Å². The normalized spacial score (nSPS) is 10.6. The van der Waals surface area contributed by atoms with Crippen LogP contribution >= 0.6 is 22.6 Å². The predicted molar refractivity (Wildman–Crippen MR) is 88.3 cm³/mol. The minimum Gasteiger partial charge on any atom is -0.369 e. The summed E-state index contributed by atoms with van der Waals surface area (Å²) in [6.45, 7) is 3.04. The van der Waals surface area contributed by atoms with Crippen molar-refractivity contribution in [2.24, 2.45) is 5.73 Å². The summed E-state index contributed by atoms with van der Waals surface area (Å²) in [7, 11) is 0. The molecular formula is C14H20IN3O2. The summed E-state index contributed by atoms with van der Waals surface area (Å²) < 4.78 is 1.11. The Morgan fingerprint density at radius 2 is 1.90 bits per heavy atom. The van der Waals surface area contributed by atoms with Gasteiger partial charge in [-0.15, -0.1) is 0 Å². The lowest BCUT2D eigenvalue weighted by atomic mass is 10.3. The van der Waals surface area contributed by atoms with Gasteiger partial charge >= 0.3 is 0 Å². The van der Waals surface area contributed by atoms with E-state index in [0.29, 0.717) is 6.54 Å². The molecule has 0 aromatic heterocycles. The van der Waals surface area contributed by atoms with E-state index in [1.54, 1.807) is 4.90 Å². The Balaban J connectivity index is 2.51. The number of amides is 2. The molecule has 1 aromatic carbocycles. The van der Waals surface area contributed by atoms with Gasteiger partial charge in [-0.05, 0) is 59.8 Å². The molecule has 0 atom stereocenters. The second kappa shape index (κ2) is 8.91. The quantitative estimate of drug-likeness (QED) is 0.666. The van der Waals surface area contributed by atoms with Crippen LogP contribution in [0, 0.1) is 3.57 Å². The number of benzene rings is 1. The van der Waals surface area contributed by atoms with Crippen molar-refractivity contribution in [1.29, 1.82) is 0 Å². The lowest BCUT2D eigenvalue weighted by Crippen LogP contribution is -2.39. The number of nitrogens with two attached hydrogens (primary N) is 1. The highest BCUT2D eigenvalue weighted by atomic mass is 127. The Hall–Kier alpha value is -1.15. The Morgan fingerprint density at radius 1 is 1.25 bits per heavy atom. The summed E-state index contributed by atoms with van der Waals surface area (Å²) in [5.41, 5.74) is 5.95. The molecule has 0 bridgehead atoms. The highest BCUT2D eigenvalue weighted by molar-refractivity contribution is 14.1. The summed E-state index contributed by atoms with van der Waals surface area (Å²) in [6, 6.07) is 7.55. The standard InChI is InChI=1S/C14H20IN3O2/c1-2-3-8-18(9-13(16)19)10-14(20)17-12-6-4-11(15)5-7-12/h4-7H,2-3,8-10H2,1H3,(H2,16,19)(H,17,20). The fourth-order valence-corrected chi connectivity index (χ4v) is 2.11. The summed E-state index contributed by atoms with van der Waals surface area (Å²) >= 11 is 2.21. The highest BCUT2D eigenvalue weighted by Crippen LogP contribution is 2.11. The Morgan fingerprint density at radius 3 is 2.45 bits per heavy atom. The maximum absolute atomic E-state index is 11.9. The fraction of sp³-hybridized carbons (Fsp3) is 0.429. The van der Waals surface area contributed by atoms with Crippen LogP contribution in [0.2, 0.25) is 0 Å².